The Bertz CT molecular complexity index is 649. The molecule has 1 aliphatic rings. The molecule has 2 aromatic rings. The summed E-state index contributed by atoms with van der Waals surface area (Å²) in [6.45, 7) is 0.525. The van der Waals surface area contributed by atoms with Crippen molar-refractivity contribution in [3.05, 3.63) is 24.2 Å². The summed E-state index contributed by atoms with van der Waals surface area (Å²) in [6, 6.07) is 3.02. The van der Waals surface area contributed by atoms with Crippen LogP contribution in [0.15, 0.2) is 18.3 Å². The van der Waals surface area contributed by atoms with Crippen molar-refractivity contribution in [3.63, 3.8) is 0 Å². The number of likely N-dealkylation sites (tertiary alicyclic amines) is 1. The molecule has 3 heterocycles. The largest absolute Gasteiger partial charge is 0.480 e. The predicted molar refractivity (Wildman–Crippen MR) is 74.6 cm³/mol. The summed E-state index contributed by atoms with van der Waals surface area (Å²) in [5, 5.41) is 9.09. The molecule has 1 fully saturated rings. The van der Waals surface area contributed by atoms with Gasteiger partial charge in [-0.15, -0.1) is 0 Å². The maximum atomic E-state index is 12.2. The van der Waals surface area contributed by atoms with Crippen LogP contribution in [0.5, 0.6) is 0 Å². The molecule has 0 unspecified atom stereocenters. The Morgan fingerprint density at radius 3 is 3.10 bits per heavy atom. The molecular weight excluding hydrogens is 272 g/mol. The van der Waals surface area contributed by atoms with Crippen molar-refractivity contribution in [2.45, 2.75) is 31.7 Å². The highest BCUT2D eigenvalue weighted by Gasteiger charge is 2.33. The first-order chi connectivity index (χ1) is 10.1. The number of hydrogen-bond donors (Lipinski definition) is 2. The molecule has 2 aromatic heterocycles. The Balaban J connectivity index is 1.64. The minimum Gasteiger partial charge on any atom is -0.480 e. The fourth-order valence-electron chi connectivity index (χ4n) is 2.70. The third-order valence-corrected chi connectivity index (χ3v) is 3.74. The van der Waals surface area contributed by atoms with Gasteiger partial charge < -0.3 is 15.0 Å². The Morgan fingerprint density at radius 2 is 2.33 bits per heavy atom. The number of carboxylic acids is 1. The minimum absolute atomic E-state index is 0.131. The van der Waals surface area contributed by atoms with Crippen LogP contribution in [0.4, 0.5) is 0 Å². The number of rotatable bonds is 4. The van der Waals surface area contributed by atoms with Gasteiger partial charge in [-0.2, -0.15) is 0 Å². The van der Waals surface area contributed by atoms with Gasteiger partial charge in [-0.25, -0.2) is 14.8 Å². The van der Waals surface area contributed by atoms with Gasteiger partial charge in [0.25, 0.3) is 0 Å². The first-order valence-electron chi connectivity index (χ1n) is 6.97. The molecule has 2 N–H and O–H groups in total. The van der Waals surface area contributed by atoms with E-state index < -0.39 is 12.0 Å². The van der Waals surface area contributed by atoms with Gasteiger partial charge in [0.1, 0.15) is 11.9 Å². The molecular formula is C14H16N4O3. The maximum Gasteiger partial charge on any atom is 0.326 e. The fraction of sp³-hybridized carbons (Fsp3) is 0.429. The van der Waals surface area contributed by atoms with Crippen LogP contribution in [0.1, 0.15) is 25.1 Å². The van der Waals surface area contributed by atoms with Gasteiger partial charge in [0.05, 0.1) is 5.52 Å². The smallest absolute Gasteiger partial charge is 0.326 e. The number of nitrogens with one attached hydrogen (secondary N) is 1. The summed E-state index contributed by atoms with van der Waals surface area (Å²) in [5.74, 6) is -0.356. The van der Waals surface area contributed by atoms with E-state index in [0.717, 1.165) is 11.9 Å². The summed E-state index contributed by atoms with van der Waals surface area (Å²) in [5.41, 5.74) is 1.47. The number of carboxylic acid groups (broad SMARTS) is 1. The van der Waals surface area contributed by atoms with Crippen molar-refractivity contribution >= 4 is 23.0 Å². The predicted octanol–water partition coefficient (Wildman–Crippen LogP) is 0.966. The van der Waals surface area contributed by atoms with Crippen molar-refractivity contribution in [2.75, 3.05) is 6.54 Å². The minimum atomic E-state index is -0.922. The lowest BCUT2D eigenvalue weighted by molar-refractivity contribution is -0.148. The Morgan fingerprint density at radius 1 is 1.48 bits per heavy atom. The SMILES string of the molecule is O=C(O)[C@H]1CCCN1C(=O)CCc1nc2ncccc2[nH]1. The third kappa shape index (κ3) is 2.72. The molecule has 21 heavy (non-hydrogen) atoms. The van der Waals surface area contributed by atoms with Crippen LogP contribution in [0.2, 0.25) is 0 Å². The second kappa shape index (κ2) is 5.51. The van der Waals surface area contributed by atoms with Crippen molar-refractivity contribution < 1.29 is 14.7 Å². The highest BCUT2D eigenvalue weighted by Crippen LogP contribution is 2.19. The molecule has 0 bridgehead atoms. The summed E-state index contributed by atoms with van der Waals surface area (Å²) >= 11 is 0. The number of carbonyl (C=O) groups is 2. The van der Waals surface area contributed by atoms with Gasteiger partial charge in [0.15, 0.2) is 5.65 Å². The number of carbonyl (C=O) groups excluding carboxylic acids is 1. The number of aromatic amines is 1. The van der Waals surface area contributed by atoms with Crippen LogP contribution in [0, 0.1) is 0 Å². The number of aromatic nitrogens is 3. The van der Waals surface area contributed by atoms with E-state index in [1.165, 1.54) is 4.90 Å². The number of amides is 1. The van der Waals surface area contributed by atoms with Gasteiger partial charge in [0.2, 0.25) is 5.91 Å². The summed E-state index contributed by atoms with van der Waals surface area (Å²) in [4.78, 5) is 36.3. The highest BCUT2D eigenvalue weighted by molar-refractivity contribution is 5.84. The number of H-pyrrole nitrogens is 1. The van der Waals surface area contributed by atoms with Crippen molar-refractivity contribution in [1.82, 2.24) is 19.9 Å². The van der Waals surface area contributed by atoms with Gasteiger partial charge in [0, 0.05) is 25.6 Å². The molecule has 3 rings (SSSR count). The average Bonchev–Trinajstić information content (AvgIpc) is 3.10. The van der Waals surface area contributed by atoms with Crippen molar-refractivity contribution in [2.24, 2.45) is 0 Å². The van der Waals surface area contributed by atoms with E-state index in [1.807, 2.05) is 12.1 Å². The molecule has 0 spiro atoms. The average molecular weight is 288 g/mol. The van der Waals surface area contributed by atoms with Crippen LogP contribution >= 0.6 is 0 Å². The van der Waals surface area contributed by atoms with Crippen LogP contribution in [0.25, 0.3) is 11.2 Å². The lowest BCUT2D eigenvalue weighted by atomic mass is 10.2. The lowest BCUT2D eigenvalue weighted by Gasteiger charge is -2.21. The zero-order valence-electron chi connectivity index (χ0n) is 11.5. The third-order valence-electron chi connectivity index (χ3n) is 3.74. The van der Waals surface area contributed by atoms with Crippen LogP contribution in [0.3, 0.4) is 0 Å². The molecule has 110 valence electrons. The second-order valence-corrected chi connectivity index (χ2v) is 5.14. The number of nitrogens with zero attached hydrogens (tertiary/aromatic N) is 3. The van der Waals surface area contributed by atoms with Crippen molar-refractivity contribution in [1.29, 1.82) is 0 Å². The first kappa shape index (κ1) is 13.5. The Hall–Kier alpha value is -2.44. The maximum absolute atomic E-state index is 12.2. The Kier molecular flexibility index (Phi) is 3.55. The zero-order chi connectivity index (χ0) is 14.8. The van der Waals surface area contributed by atoms with E-state index >= 15 is 0 Å². The van der Waals surface area contributed by atoms with E-state index in [0.29, 0.717) is 30.9 Å². The monoisotopic (exact) mass is 288 g/mol. The number of aryl methyl sites for hydroxylation is 1. The Labute approximate surface area is 121 Å². The van der Waals surface area contributed by atoms with Crippen molar-refractivity contribution in [3.8, 4) is 0 Å². The first-order valence-corrected chi connectivity index (χ1v) is 6.97. The lowest BCUT2D eigenvalue weighted by Crippen LogP contribution is -2.40. The topological polar surface area (TPSA) is 99.2 Å². The number of imidazole rings is 1. The molecule has 1 saturated heterocycles. The number of aliphatic carboxylic acids is 1. The molecule has 0 radical (unpaired) electrons. The summed E-state index contributed by atoms with van der Waals surface area (Å²) < 4.78 is 0. The fourth-order valence-corrected chi connectivity index (χ4v) is 2.70. The normalized spacial score (nSPS) is 18.3. The molecule has 1 amide bonds. The number of fused-ring (bicyclic) bond motifs is 1. The number of pyridine rings is 1. The summed E-state index contributed by atoms with van der Waals surface area (Å²) in [7, 11) is 0. The summed E-state index contributed by atoms with van der Waals surface area (Å²) in [6.07, 6.45) is 3.66. The molecule has 1 atom stereocenters. The van der Waals surface area contributed by atoms with Crippen LogP contribution in [-0.4, -0.2) is 49.4 Å². The van der Waals surface area contributed by atoms with E-state index in [-0.39, 0.29) is 12.3 Å². The standard InChI is InChI=1S/C14H16N4O3/c19-12(18-8-2-4-10(18)14(20)21)6-5-11-16-9-3-1-7-15-13(9)17-11/h1,3,7,10H,2,4-6,8H2,(H,20,21)(H,15,16,17)/t10-/m1/s1. The molecule has 0 aliphatic carbocycles. The number of hydrogen-bond acceptors (Lipinski definition) is 4. The zero-order valence-corrected chi connectivity index (χ0v) is 11.5. The van der Waals surface area contributed by atoms with Crippen LogP contribution in [-0.2, 0) is 16.0 Å². The van der Waals surface area contributed by atoms with E-state index in [4.69, 9.17) is 5.11 Å². The molecule has 7 nitrogen and oxygen atoms in total. The quantitative estimate of drug-likeness (QED) is 0.873. The second-order valence-electron chi connectivity index (χ2n) is 5.14. The molecule has 1 aliphatic heterocycles. The molecule has 0 aromatic carbocycles. The van der Waals surface area contributed by atoms with E-state index in [2.05, 4.69) is 15.0 Å². The van der Waals surface area contributed by atoms with Crippen LogP contribution < -0.4 is 0 Å². The van der Waals surface area contributed by atoms with E-state index in [9.17, 15) is 9.59 Å². The molecule has 0 saturated carbocycles. The van der Waals surface area contributed by atoms with E-state index in [1.54, 1.807) is 6.20 Å². The highest BCUT2D eigenvalue weighted by atomic mass is 16.4. The van der Waals surface area contributed by atoms with Gasteiger partial charge in [-0.1, -0.05) is 0 Å². The van der Waals surface area contributed by atoms with Gasteiger partial charge in [-0.05, 0) is 25.0 Å². The molecule has 7 heteroatoms. The van der Waals surface area contributed by atoms with Gasteiger partial charge in [-0.3, -0.25) is 4.79 Å². The van der Waals surface area contributed by atoms with Gasteiger partial charge >= 0.3 is 5.97 Å².